The Morgan fingerprint density at radius 1 is 1.00 bits per heavy atom. The van der Waals surface area contributed by atoms with Crippen LogP contribution in [0.3, 0.4) is 0 Å². The van der Waals surface area contributed by atoms with Crippen LogP contribution in [0.1, 0.15) is 102 Å². The second kappa shape index (κ2) is 13.6. The zero-order valence-corrected chi connectivity index (χ0v) is 32.3. The van der Waals surface area contributed by atoms with Crippen molar-refractivity contribution in [3.63, 3.8) is 0 Å². The lowest BCUT2D eigenvalue weighted by Gasteiger charge is -2.42. The molecule has 2 aromatic heterocycles. The first kappa shape index (κ1) is 36.1. The molecule has 14 heteroatoms. The number of anilines is 1. The highest BCUT2D eigenvalue weighted by molar-refractivity contribution is 6.32. The topological polar surface area (TPSA) is 102 Å². The number of methoxy groups -OCH3 is 1. The lowest BCUT2D eigenvalue weighted by Crippen LogP contribution is -2.57. The molecule has 4 aliphatic heterocycles. The van der Waals surface area contributed by atoms with Crippen LogP contribution in [0, 0.1) is 5.82 Å². The number of carbonyl (C=O) groups is 1. The minimum Gasteiger partial charge on any atom is -0.467 e. The van der Waals surface area contributed by atoms with Crippen LogP contribution in [0.2, 0.25) is 5.02 Å². The third kappa shape index (κ3) is 6.61. The highest BCUT2D eigenvalue weighted by Gasteiger charge is 2.50. The molecule has 54 heavy (non-hydrogen) atoms. The van der Waals surface area contributed by atoms with Gasteiger partial charge in [0.05, 0.1) is 28.7 Å². The molecule has 290 valence electrons. The molecular formula is C40H49ClF2N6O5. The molecule has 4 atom stereocenters. The SMILES string of the molecule is COCOc1cc(Cl)c(C2CC2)c(-c2nc(C3CC3)c3c(N4C[C@H]5CC[C@@H](C4)N5C(=O)OC(C)(C)C)nc(OC[C@@]45CCCN4C[C@H](F)C5)nc3c2F)c1. The molecule has 1 amide bonds. The summed E-state index contributed by atoms with van der Waals surface area (Å²) in [6.07, 6.45) is 6.35. The maximum Gasteiger partial charge on any atom is 0.410 e. The summed E-state index contributed by atoms with van der Waals surface area (Å²) in [5.74, 6) is 0.749. The molecule has 11 nitrogen and oxygen atoms in total. The van der Waals surface area contributed by atoms with Crippen molar-refractivity contribution < 1.29 is 32.5 Å². The van der Waals surface area contributed by atoms with E-state index in [1.54, 1.807) is 19.2 Å². The standard InChI is InChI=1S/C40H49ClF2N6O5/c1-39(2,3)54-38(50)49-25-10-11-26(49)19-47(18-25)36-31-33(23-8-9-23)44-34(28-14-27(53-21-51-4)15-29(41)30(28)22-6-7-22)32(43)35(31)45-37(46-36)52-20-40-12-5-13-48(40)17-24(42)16-40/h14-15,22-26H,5-13,16-21H2,1-4H3/t24-,25-,26+,40+/m1/s1. The number of halogens is 3. The Morgan fingerprint density at radius 2 is 1.74 bits per heavy atom. The number of ether oxygens (including phenoxy) is 4. The first-order valence-corrected chi connectivity index (χ1v) is 19.9. The Morgan fingerprint density at radius 3 is 2.43 bits per heavy atom. The number of aromatic nitrogens is 3. The molecule has 6 heterocycles. The Hall–Kier alpha value is -3.55. The van der Waals surface area contributed by atoms with Crippen LogP contribution < -0.4 is 14.4 Å². The number of rotatable bonds is 10. The van der Waals surface area contributed by atoms with E-state index in [-0.39, 0.29) is 60.6 Å². The van der Waals surface area contributed by atoms with E-state index >= 15 is 4.39 Å². The van der Waals surface area contributed by atoms with Gasteiger partial charge < -0.3 is 23.8 Å². The Kier molecular flexibility index (Phi) is 9.08. The van der Waals surface area contributed by atoms with Crippen LogP contribution in [0.5, 0.6) is 11.8 Å². The summed E-state index contributed by atoms with van der Waals surface area (Å²) in [6, 6.07) is 3.42. The van der Waals surface area contributed by atoms with Gasteiger partial charge in [0, 0.05) is 49.7 Å². The van der Waals surface area contributed by atoms with Crippen LogP contribution in [0.4, 0.5) is 19.4 Å². The first-order chi connectivity index (χ1) is 25.9. The monoisotopic (exact) mass is 766 g/mol. The van der Waals surface area contributed by atoms with E-state index in [0.29, 0.717) is 53.6 Å². The zero-order valence-electron chi connectivity index (χ0n) is 31.5. The van der Waals surface area contributed by atoms with Crippen LogP contribution in [-0.4, -0.2) is 107 Å². The van der Waals surface area contributed by atoms with Crippen LogP contribution in [0.25, 0.3) is 22.2 Å². The summed E-state index contributed by atoms with van der Waals surface area (Å²) in [5.41, 5.74) is 1.47. The van der Waals surface area contributed by atoms with Gasteiger partial charge in [0.1, 0.15) is 41.2 Å². The predicted molar refractivity (Wildman–Crippen MR) is 200 cm³/mol. The quantitative estimate of drug-likeness (QED) is 0.190. The lowest BCUT2D eigenvalue weighted by atomic mass is 9.95. The van der Waals surface area contributed by atoms with Crippen molar-refractivity contribution >= 4 is 34.4 Å². The number of nitrogens with zero attached hydrogens (tertiary/aromatic N) is 6. The molecule has 1 aromatic carbocycles. The van der Waals surface area contributed by atoms with Gasteiger partial charge in [0.2, 0.25) is 0 Å². The lowest BCUT2D eigenvalue weighted by molar-refractivity contribution is 0.0122. The zero-order chi connectivity index (χ0) is 37.5. The third-order valence-corrected chi connectivity index (χ3v) is 12.4. The number of piperazine rings is 1. The second-order valence-corrected chi connectivity index (χ2v) is 17.6. The molecule has 0 unspecified atom stereocenters. The van der Waals surface area contributed by atoms with Crippen molar-refractivity contribution in [1.29, 1.82) is 0 Å². The summed E-state index contributed by atoms with van der Waals surface area (Å²) in [7, 11) is 1.54. The molecule has 3 aromatic rings. The van der Waals surface area contributed by atoms with Crippen LogP contribution in [-0.2, 0) is 9.47 Å². The summed E-state index contributed by atoms with van der Waals surface area (Å²) in [5, 5.41) is 1.08. The van der Waals surface area contributed by atoms with E-state index in [2.05, 4.69) is 9.80 Å². The van der Waals surface area contributed by atoms with Gasteiger partial charge in [-0.15, -0.1) is 0 Å². The maximum atomic E-state index is 17.6. The minimum atomic E-state index is -0.915. The number of alkyl halides is 1. The van der Waals surface area contributed by atoms with Crippen molar-refractivity contribution in [1.82, 2.24) is 24.8 Å². The summed E-state index contributed by atoms with van der Waals surface area (Å²) in [4.78, 5) is 34.7. The van der Waals surface area contributed by atoms with E-state index in [1.165, 1.54) is 0 Å². The predicted octanol–water partition coefficient (Wildman–Crippen LogP) is 7.77. The fourth-order valence-electron chi connectivity index (χ4n) is 9.41. The summed E-state index contributed by atoms with van der Waals surface area (Å²) >= 11 is 6.90. The van der Waals surface area contributed by atoms with Crippen LogP contribution in [0.15, 0.2) is 12.1 Å². The Labute approximate surface area is 319 Å². The maximum absolute atomic E-state index is 17.6. The van der Waals surface area contributed by atoms with E-state index in [4.69, 9.17) is 45.5 Å². The van der Waals surface area contributed by atoms with E-state index in [1.807, 2.05) is 25.7 Å². The average molecular weight is 767 g/mol. The third-order valence-electron chi connectivity index (χ3n) is 12.0. The van der Waals surface area contributed by atoms with E-state index in [0.717, 1.165) is 69.2 Å². The molecule has 0 radical (unpaired) electrons. The summed E-state index contributed by atoms with van der Waals surface area (Å²) in [6.45, 7) is 8.07. The number of pyridine rings is 1. The van der Waals surface area contributed by atoms with Gasteiger partial charge in [0.25, 0.3) is 0 Å². The van der Waals surface area contributed by atoms with Gasteiger partial charge in [0.15, 0.2) is 12.6 Å². The largest absolute Gasteiger partial charge is 0.467 e. The molecule has 2 aliphatic carbocycles. The fourth-order valence-corrected chi connectivity index (χ4v) is 9.77. The fraction of sp³-hybridized carbons (Fsp3) is 0.650. The molecule has 6 aliphatic rings. The van der Waals surface area contributed by atoms with Crippen molar-refractivity contribution in [2.75, 3.05) is 51.6 Å². The number of fused-ring (bicyclic) bond motifs is 4. The smallest absolute Gasteiger partial charge is 0.410 e. The molecular weight excluding hydrogens is 718 g/mol. The van der Waals surface area contributed by atoms with Crippen molar-refractivity contribution in [3.05, 3.63) is 34.2 Å². The van der Waals surface area contributed by atoms with E-state index < -0.39 is 23.1 Å². The van der Waals surface area contributed by atoms with Gasteiger partial charge in [-0.05, 0) is 102 Å². The van der Waals surface area contributed by atoms with Gasteiger partial charge in [-0.2, -0.15) is 9.97 Å². The van der Waals surface area contributed by atoms with Gasteiger partial charge >= 0.3 is 12.1 Å². The van der Waals surface area contributed by atoms with Crippen LogP contribution >= 0.6 is 11.6 Å². The second-order valence-electron chi connectivity index (χ2n) is 17.2. The van der Waals surface area contributed by atoms with Crippen molar-refractivity contribution in [3.8, 4) is 23.0 Å². The molecule has 4 saturated heterocycles. The molecule has 2 saturated carbocycles. The number of benzene rings is 1. The summed E-state index contributed by atoms with van der Waals surface area (Å²) < 4.78 is 55.5. The highest BCUT2D eigenvalue weighted by atomic mass is 35.5. The normalized spacial score (nSPS) is 26.8. The number of hydrogen-bond acceptors (Lipinski definition) is 10. The van der Waals surface area contributed by atoms with Crippen molar-refractivity contribution in [2.45, 2.75) is 120 Å². The number of amides is 1. The number of hydrogen-bond donors (Lipinski definition) is 0. The van der Waals surface area contributed by atoms with E-state index in [9.17, 15) is 9.18 Å². The Bertz CT molecular complexity index is 1960. The van der Waals surface area contributed by atoms with Crippen molar-refractivity contribution in [2.24, 2.45) is 0 Å². The van der Waals surface area contributed by atoms with Gasteiger partial charge in [-0.1, -0.05) is 11.6 Å². The molecule has 0 spiro atoms. The van der Waals surface area contributed by atoms with Gasteiger partial charge in [-0.3, -0.25) is 9.80 Å². The van der Waals surface area contributed by atoms with Gasteiger partial charge in [-0.25, -0.2) is 18.6 Å². The number of carbonyl (C=O) groups excluding carboxylic acids is 1. The first-order valence-electron chi connectivity index (χ1n) is 19.6. The molecule has 2 bridgehead atoms. The molecule has 6 fully saturated rings. The molecule has 9 rings (SSSR count). The average Bonchev–Trinajstić information content (AvgIpc) is 4.05. The molecule has 0 N–H and O–H groups in total. The Balaban J connectivity index is 1.17. The highest BCUT2D eigenvalue weighted by Crippen LogP contribution is 2.52. The minimum absolute atomic E-state index is 0.0159.